The third kappa shape index (κ3) is 5.52. The van der Waals surface area contributed by atoms with Crippen molar-refractivity contribution in [1.82, 2.24) is 20.1 Å². The lowest BCUT2D eigenvalue weighted by Crippen LogP contribution is -2.56. The van der Waals surface area contributed by atoms with Crippen LogP contribution in [0.3, 0.4) is 0 Å². The minimum Gasteiger partial charge on any atom is -0.493 e. The zero-order valence-corrected chi connectivity index (χ0v) is 18.6. The molecule has 2 amide bonds. The molecule has 0 saturated carbocycles. The topological polar surface area (TPSA) is 84.0 Å². The van der Waals surface area contributed by atoms with Crippen molar-refractivity contribution in [3.8, 4) is 11.5 Å². The van der Waals surface area contributed by atoms with E-state index in [2.05, 4.69) is 10.3 Å². The maximum Gasteiger partial charge on any atom is 0.237 e. The van der Waals surface area contributed by atoms with Crippen LogP contribution in [0.2, 0.25) is 0 Å². The Labute approximate surface area is 183 Å². The van der Waals surface area contributed by atoms with Gasteiger partial charge in [0, 0.05) is 45.6 Å². The highest BCUT2D eigenvalue weighted by Gasteiger charge is 2.32. The second-order valence-electron chi connectivity index (χ2n) is 7.72. The molecule has 8 heteroatoms. The molecule has 166 valence electrons. The highest BCUT2D eigenvalue weighted by Crippen LogP contribution is 2.28. The Balaban J connectivity index is 1.69. The summed E-state index contributed by atoms with van der Waals surface area (Å²) >= 11 is 0. The van der Waals surface area contributed by atoms with E-state index in [0.29, 0.717) is 37.7 Å². The summed E-state index contributed by atoms with van der Waals surface area (Å²) in [5, 5.41) is 2.89. The van der Waals surface area contributed by atoms with Gasteiger partial charge in [0.05, 0.1) is 26.7 Å². The number of carbonyl (C=O) groups is 2. The number of nitrogens with zero attached hydrogens (tertiary/aromatic N) is 3. The van der Waals surface area contributed by atoms with E-state index in [1.54, 1.807) is 38.6 Å². The van der Waals surface area contributed by atoms with Gasteiger partial charge in [0.2, 0.25) is 11.8 Å². The lowest BCUT2D eigenvalue weighted by atomic mass is 10.1. The molecule has 0 spiro atoms. The number of carbonyl (C=O) groups excluding carboxylic acids is 2. The monoisotopic (exact) mass is 426 g/mol. The summed E-state index contributed by atoms with van der Waals surface area (Å²) in [6, 6.07) is 7.10. The summed E-state index contributed by atoms with van der Waals surface area (Å²) in [4.78, 5) is 33.3. The van der Waals surface area contributed by atoms with E-state index in [9.17, 15) is 9.59 Å². The van der Waals surface area contributed by atoms with Gasteiger partial charge in [-0.25, -0.2) is 0 Å². The molecular formula is C23H30N4O4. The molecule has 0 aliphatic carbocycles. The number of ether oxygens (including phenoxy) is 2. The van der Waals surface area contributed by atoms with Gasteiger partial charge in [-0.2, -0.15) is 0 Å². The summed E-state index contributed by atoms with van der Waals surface area (Å²) in [5.74, 6) is 1.10. The fourth-order valence-electron chi connectivity index (χ4n) is 3.73. The Hall–Kier alpha value is -3.13. The predicted octanol–water partition coefficient (Wildman–Crippen LogP) is 1.76. The average Bonchev–Trinajstić information content (AvgIpc) is 2.77. The van der Waals surface area contributed by atoms with Gasteiger partial charge >= 0.3 is 0 Å². The van der Waals surface area contributed by atoms with Crippen LogP contribution in [0.15, 0.2) is 36.7 Å². The van der Waals surface area contributed by atoms with E-state index in [1.165, 1.54) is 0 Å². The zero-order valence-electron chi connectivity index (χ0n) is 18.6. The molecular weight excluding hydrogens is 396 g/mol. The number of hydrogen-bond donors (Lipinski definition) is 1. The summed E-state index contributed by atoms with van der Waals surface area (Å²) in [6.45, 7) is 4.23. The number of rotatable bonds is 8. The Kier molecular flexibility index (Phi) is 7.46. The van der Waals surface area contributed by atoms with Crippen molar-refractivity contribution < 1.29 is 19.1 Å². The van der Waals surface area contributed by atoms with Crippen molar-refractivity contribution in [1.29, 1.82) is 0 Å². The van der Waals surface area contributed by atoms with Crippen LogP contribution >= 0.6 is 0 Å². The number of nitrogens with one attached hydrogen (secondary N) is 1. The first kappa shape index (κ1) is 22.6. The van der Waals surface area contributed by atoms with Crippen molar-refractivity contribution in [3.05, 3.63) is 53.3 Å². The summed E-state index contributed by atoms with van der Waals surface area (Å²) in [5.41, 5.74) is 3.07. The second-order valence-corrected chi connectivity index (χ2v) is 7.72. The van der Waals surface area contributed by atoms with Crippen molar-refractivity contribution >= 4 is 11.8 Å². The molecule has 1 aromatic carbocycles. The van der Waals surface area contributed by atoms with Gasteiger partial charge in [-0.15, -0.1) is 0 Å². The predicted molar refractivity (Wildman–Crippen MR) is 117 cm³/mol. The van der Waals surface area contributed by atoms with Crippen LogP contribution in [-0.4, -0.2) is 67.0 Å². The van der Waals surface area contributed by atoms with Crippen LogP contribution in [0.1, 0.15) is 23.1 Å². The molecule has 1 aliphatic heterocycles. The molecule has 1 aromatic heterocycles. The number of piperazine rings is 1. The van der Waals surface area contributed by atoms with Crippen molar-refractivity contribution in [2.24, 2.45) is 0 Å². The largest absolute Gasteiger partial charge is 0.493 e. The van der Waals surface area contributed by atoms with Crippen molar-refractivity contribution in [3.63, 3.8) is 0 Å². The molecule has 1 fully saturated rings. The number of methoxy groups -OCH3 is 2. The van der Waals surface area contributed by atoms with Crippen LogP contribution in [0, 0.1) is 6.92 Å². The highest BCUT2D eigenvalue weighted by molar-refractivity contribution is 5.88. The first-order valence-corrected chi connectivity index (χ1v) is 10.3. The van der Waals surface area contributed by atoms with Crippen LogP contribution in [0.5, 0.6) is 11.5 Å². The van der Waals surface area contributed by atoms with E-state index in [-0.39, 0.29) is 18.2 Å². The lowest BCUT2D eigenvalue weighted by Gasteiger charge is -2.35. The quantitative estimate of drug-likeness (QED) is 0.693. The van der Waals surface area contributed by atoms with Crippen molar-refractivity contribution in [2.75, 3.05) is 34.4 Å². The maximum atomic E-state index is 12.9. The Bertz CT molecular complexity index is 934. The van der Waals surface area contributed by atoms with Crippen LogP contribution in [0.25, 0.3) is 0 Å². The Morgan fingerprint density at radius 1 is 1.26 bits per heavy atom. The fourth-order valence-corrected chi connectivity index (χ4v) is 3.73. The van der Waals surface area contributed by atoms with Crippen LogP contribution < -0.4 is 14.8 Å². The van der Waals surface area contributed by atoms with E-state index in [0.717, 1.165) is 16.7 Å². The molecule has 3 rings (SSSR count). The number of hydrogen-bond acceptors (Lipinski definition) is 6. The van der Waals surface area contributed by atoms with Crippen molar-refractivity contribution in [2.45, 2.75) is 32.5 Å². The molecule has 2 aromatic rings. The summed E-state index contributed by atoms with van der Waals surface area (Å²) in [6.07, 6.45) is 3.63. The van der Waals surface area contributed by atoms with Crippen LogP contribution in [0.4, 0.5) is 0 Å². The normalized spacial score (nSPS) is 16.5. The van der Waals surface area contributed by atoms with E-state index in [1.807, 2.05) is 36.1 Å². The van der Waals surface area contributed by atoms with E-state index >= 15 is 0 Å². The summed E-state index contributed by atoms with van der Waals surface area (Å²) < 4.78 is 10.7. The number of aromatic nitrogens is 1. The molecule has 1 N–H and O–H groups in total. The first-order chi connectivity index (χ1) is 14.9. The number of pyridine rings is 1. The molecule has 1 unspecified atom stereocenters. The van der Waals surface area contributed by atoms with E-state index < -0.39 is 6.04 Å². The number of amides is 2. The smallest absolute Gasteiger partial charge is 0.237 e. The minimum atomic E-state index is -0.518. The van der Waals surface area contributed by atoms with Gasteiger partial charge in [-0.3, -0.25) is 19.5 Å². The molecule has 8 nitrogen and oxygen atoms in total. The molecule has 1 saturated heterocycles. The van der Waals surface area contributed by atoms with Gasteiger partial charge < -0.3 is 19.7 Å². The fraction of sp³-hybridized carbons (Fsp3) is 0.435. The van der Waals surface area contributed by atoms with Gasteiger partial charge in [-0.1, -0.05) is 6.07 Å². The molecule has 1 atom stereocenters. The lowest BCUT2D eigenvalue weighted by molar-refractivity contribution is -0.138. The first-order valence-electron chi connectivity index (χ1n) is 10.3. The maximum absolute atomic E-state index is 12.9. The minimum absolute atomic E-state index is 0.0735. The van der Waals surface area contributed by atoms with Gasteiger partial charge in [0.1, 0.15) is 0 Å². The standard InChI is InChI=1S/C23H30N4O4/c1-16-13-24-8-7-18(16)15-26(2)22(28)12-19-23(29)25-9-10-27(19)14-17-5-6-20(30-3)21(11-17)31-4/h5-8,11,13,19H,9-10,12,14-15H2,1-4H3,(H,25,29). The highest BCUT2D eigenvalue weighted by atomic mass is 16.5. The van der Waals surface area contributed by atoms with Gasteiger partial charge in [0.15, 0.2) is 11.5 Å². The summed E-state index contributed by atoms with van der Waals surface area (Å²) in [7, 11) is 4.96. The zero-order chi connectivity index (χ0) is 22.4. The van der Waals surface area contributed by atoms with Gasteiger partial charge in [-0.05, 0) is 41.8 Å². The average molecular weight is 427 g/mol. The molecule has 0 bridgehead atoms. The second kappa shape index (κ2) is 10.3. The number of aryl methyl sites for hydroxylation is 1. The molecule has 31 heavy (non-hydrogen) atoms. The third-order valence-corrected chi connectivity index (χ3v) is 5.61. The Morgan fingerprint density at radius 3 is 2.74 bits per heavy atom. The van der Waals surface area contributed by atoms with Gasteiger partial charge in [0.25, 0.3) is 0 Å². The third-order valence-electron chi connectivity index (χ3n) is 5.61. The van der Waals surface area contributed by atoms with Crippen LogP contribution in [-0.2, 0) is 22.7 Å². The molecule has 2 heterocycles. The molecule has 1 aliphatic rings. The number of benzene rings is 1. The Morgan fingerprint density at radius 2 is 2.03 bits per heavy atom. The SMILES string of the molecule is COc1ccc(CN2CCNC(=O)C2CC(=O)N(C)Cc2ccncc2C)cc1OC. The molecule has 0 radical (unpaired) electrons. The van der Waals surface area contributed by atoms with E-state index in [4.69, 9.17) is 9.47 Å².